The van der Waals surface area contributed by atoms with Crippen molar-refractivity contribution in [1.29, 1.82) is 0 Å². The third-order valence-electron chi connectivity index (χ3n) is 3.91. The van der Waals surface area contributed by atoms with Crippen molar-refractivity contribution in [2.24, 2.45) is 5.92 Å². The zero-order chi connectivity index (χ0) is 12.3. The summed E-state index contributed by atoms with van der Waals surface area (Å²) >= 11 is 3.44. The van der Waals surface area contributed by atoms with Crippen LogP contribution < -0.4 is 0 Å². The maximum Gasteiger partial charge on any atom is 0.0899 e. The Morgan fingerprint density at radius 1 is 1.35 bits per heavy atom. The number of aliphatic hydroxyl groups is 1. The topological polar surface area (TPSA) is 20.2 Å². The van der Waals surface area contributed by atoms with Crippen molar-refractivity contribution in [1.82, 2.24) is 0 Å². The van der Waals surface area contributed by atoms with Crippen molar-refractivity contribution in [3.05, 3.63) is 34.3 Å². The fraction of sp³-hybridized carbons (Fsp3) is 0.600. The lowest BCUT2D eigenvalue weighted by Crippen LogP contribution is -2.32. The molecule has 0 amide bonds. The molecule has 0 spiro atoms. The van der Waals surface area contributed by atoms with E-state index in [1.807, 2.05) is 12.1 Å². The third-order valence-corrected chi connectivity index (χ3v) is 4.44. The Balaban J connectivity index is 2.14. The van der Waals surface area contributed by atoms with Crippen molar-refractivity contribution in [2.45, 2.75) is 51.0 Å². The first-order valence-corrected chi connectivity index (χ1v) is 7.42. The maximum atomic E-state index is 10.8. The van der Waals surface area contributed by atoms with Gasteiger partial charge in [0.05, 0.1) is 5.60 Å². The van der Waals surface area contributed by atoms with Crippen molar-refractivity contribution in [3.8, 4) is 0 Å². The van der Waals surface area contributed by atoms with Crippen LogP contribution in [0.5, 0.6) is 0 Å². The maximum absolute atomic E-state index is 10.8. The molecule has 1 aromatic carbocycles. The molecule has 2 atom stereocenters. The lowest BCUT2D eigenvalue weighted by atomic mass is 9.73. The summed E-state index contributed by atoms with van der Waals surface area (Å²) < 4.78 is 1.07. The SMILES string of the molecule is CCC[C@@H]1CCC[C@@](O)(c2ccc(Br)cc2)C1. The van der Waals surface area contributed by atoms with Crippen LogP contribution in [-0.4, -0.2) is 5.11 Å². The molecule has 0 aromatic heterocycles. The normalized spacial score (nSPS) is 29.2. The van der Waals surface area contributed by atoms with Crippen LogP contribution in [0.2, 0.25) is 0 Å². The van der Waals surface area contributed by atoms with E-state index < -0.39 is 5.60 Å². The molecule has 0 heterocycles. The molecule has 2 heteroatoms. The Hall–Kier alpha value is -0.340. The fourth-order valence-electron chi connectivity index (χ4n) is 3.04. The van der Waals surface area contributed by atoms with Gasteiger partial charge in [0.25, 0.3) is 0 Å². The summed E-state index contributed by atoms with van der Waals surface area (Å²) in [6.07, 6.45) is 6.75. The lowest BCUT2D eigenvalue weighted by molar-refractivity contribution is -0.0226. The highest BCUT2D eigenvalue weighted by Gasteiger charge is 2.35. The van der Waals surface area contributed by atoms with Gasteiger partial charge in [-0.05, 0) is 42.9 Å². The number of hydrogen-bond acceptors (Lipinski definition) is 1. The van der Waals surface area contributed by atoms with Gasteiger partial charge in [-0.2, -0.15) is 0 Å². The van der Waals surface area contributed by atoms with E-state index in [1.54, 1.807) is 0 Å². The van der Waals surface area contributed by atoms with Crippen LogP contribution in [0.25, 0.3) is 0 Å². The predicted octanol–water partition coefficient (Wildman–Crippen LogP) is 4.63. The molecule has 1 aromatic rings. The Bertz CT molecular complexity index is 358. The van der Waals surface area contributed by atoms with E-state index in [-0.39, 0.29) is 0 Å². The standard InChI is InChI=1S/C15H21BrO/c1-2-4-12-5-3-10-15(17,11-12)13-6-8-14(16)9-7-13/h6-9,12,17H,2-5,10-11H2,1H3/t12-,15+/m1/s1. The summed E-state index contributed by atoms with van der Waals surface area (Å²) in [5.41, 5.74) is 0.500. The van der Waals surface area contributed by atoms with Crippen molar-refractivity contribution in [2.75, 3.05) is 0 Å². The van der Waals surface area contributed by atoms with Crippen LogP contribution in [0.4, 0.5) is 0 Å². The van der Waals surface area contributed by atoms with Crippen molar-refractivity contribution in [3.63, 3.8) is 0 Å². The minimum atomic E-state index is -0.585. The smallest absolute Gasteiger partial charge is 0.0899 e. The zero-order valence-electron chi connectivity index (χ0n) is 10.5. The first-order valence-electron chi connectivity index (χ1n) is 6.62. The van der Waals surface area contributed by atoms with E-state index in [1.165, 1.54) is 19.3 Å². The van der Waals surface area contributed by atoms with Gasteiger partial charge in [0.1, 0.15) is 0 Å². The molecule has 1 nitrogen and oxygen atoms in total. The van der Waals surface area contributed by atoms with E-state index in [4.69, 9.17) is 0 Å². The molecule has 1 aliphatic rings. The Kier molecular flexibility index (Phi) is 4.26. The molecule has 2 rings (SSSR count). The largest absolute Gasteiger partial charge is 0.385 e. The second-order valence-electron chi connectivity index (χ2n) is 5.29. The number of hydrogen-bond donors (Lipinski definition) is 1. The molecule has 0 radical (unpaired) electrons. The molecule has 1 aliphatic carbocycles. The summed E-state index contributed by atoms with van der Waals surface area (Å²) in [6.45, 7) is 2.23. The molecule has 1 N–H and O–H groups in total. The molecule has 0 unspecified atom stereocenters. The summed E-state index contributed by atoms with van der Waals surface area (Å²) in [6, 6.07) is 8.16. The Labute approximate surface area is 112 Å². The van der Waals surface area contributed by atoms with E-state index >= 15 is 0 Å². The van der Waals surface area contributed by atoms with Crippen LogP contribution in [0, 0.1) is 5.92 Å². The third kappa shape index (κ3) is 3.11. The molecule has 0 bridgehead atoms. The van der Waals surface area contributed by atoms with Gasteiger partial charge in [0.15, 0.2) is 0 Å². The quantitative estimate of drug-likeness (QED) is 0.862. The predicted molar refractivity (Wildman–Crippen MR) is 74.9 cm³/mol. The van der Waals surface area contributed by atoms with Crippen LogP contribution in [0.1, 0.15) is 51.0 Å². The van der Waals surface area contributed by atoms with Crippen LogP contribution >= 0.6 is 15.9 Å². The van der Waals surface area contributed by atoms with Crippen LogP contribution in [0.3, 0.4) is 0 Å². The number of rotatable bonds is 3. The van der Waals surface area contributed by atoms with Gasteiger partial charge in [-0.15, -0.1) is 0 Å². The summed E-state index contributed by atoms with van der Waals surface area (Å²) in [5, 5.41) is 10.8. The van der Waals surface area contributed by atoms with Crippen LogP contribution in [-0.2, 0) is 5.60 Å². The lowest BCUT2D eigenvalue weighted by Gasteiger charge is -2.37. The van der Waals surface area contributed by atoms with E-state index in [0.29, 0.717) is 5.92 Å². The van der Waals surface area contributed by atoms with Gasteiger partial charge >= 0.3 is 0 Å². The average Bonchev–Trinajstić information content (AvgIpc) is 2.30. The molecular weight excluding hydrogens is 276 g/mol. The van der Waals surface area contributed by atoms with Crippen LogP contribution in [0.15, 0.2) is 28.7 Å². The summed E-state index contributed by atoms with van der Waals surface area (Å²) in [5.74, 6) is 0.697. The van der Waals surface area contributed by atoms with Gasteiger partial charge in [-0.1, -0.05) is 54.2 Å². The monoisotopic (exact) mass is 296 g/mol. The molecule has 0 aliphatic heterocycles. The fourth-order valence-corrected chi connectivity index (χ4v) is 3.31. The zero-order valence-corrected chi connectivity index (χ0v) is 12.0. The van der Waals surface area contributed by atoms with Gasteiger partial charge in [0, 0.05) is 4.47 Å². The first-order chi connectivity index (χ1) is 8.14. The van der Waals surface area contributed by atoms with Gasteiger partial charge in [-0.25, -0.2) is 0 Å². The van der Waals surface area contributed by atoms with E-state index in [9.17, 15) is 5.11 Å². The highest BCUT2D eigenvalue weighted by Crippen LogP contribution is 2.41. The molecule has 1 fully saturated rings. The van der Waals surface area contributed by atoms with Gasteiger partial charge < -0.3 is 5.11 Å². The minimum absolute atomic E-state index is 0.585. The number of halogens is 1. The Morgan fingerprint density at radius 3 is 2.71 bits per heavy atom. The van der Waals surface area contributed by atoms with Crippen molar-refractivity contribution < 1.29 is 5.11 Å². The first kappa shape index (κ1) is 13.1. The second-order valence-corrected chi connectivity index (χ2v) is 6.21. The number of benzene rings is 1. The summed E-state index contributed by atoms with van der Waals surface area (Å²) in [7, 11) is 0. The van der Waals surface area contributed by atoms with Gasteiger partial charge in [-0.3, -0.25) is 0 Å². The van der Waals surface area contributed by atoms with E-state index in [0.717, 1.165) is 29.3 Å². The van der Waals surface area contributed by atoms with E-state index in [2.05, 4.69) is 35.0 Å². The molecule has 94 valence electrons. The molecular formula is C15H21BrO. The average molecular weight is 297 g/mol. The molecule has 17 heavy (non-hydrogen) atoms. The second kappa shape index (κ2) is 5.53. The molecule has 0 saturated heterocycles. The highest BCUT2D eigenvalue weighted by molar-refractivity contribution is 9.10. The highest BCUT2D eigenvalue weighted by atomic mass is 79.9. The van der Waals surface area contributed by atoms with Gasteiger partial charge in [0.2, 0.25) is 0 Å². The summed E-state index contributed by atoms with van der Waals surface area (Å²) in [4.78, 5) is 0. The Morgan fingerprint density at radius 2 is 2.06 bits per heavy atom. The minimum Gasteiger partial charge on any atom is -0.385 e. The molecule has 1 saturated carbocycles. The van der Waals surface area contributed by atoms with Crippen molar-refractivity contribution >= 4 is 15.9 Å².